The van der Waals surface area contributed by atoms with Crippen LogP contribution in [0.1, 0.15) is 75.8 Å². The van der Waals surface area contributed by atoms with Gasteiger partial charge in [0.25, 0.3) is 0 Å². The van der Waals surface area contributed by atoms with Crippen LogP contribution in [0.5, 0.6) is 0 Å². The van der Waals surface area contributed by atoms with E-state index in [0.29, 0.717) is 12.0 Å². The standard InChI is InChI=1S/C28H35N3O2/c32-19-20-15-17-22(18-16-20)27-30-24-13-7-8-14-25(24)31(27)26(21-9-3-1-4-10-21)28(33)29-23-11-5-2-6-12-23/h7-8,13-18,21,23,26,32H,1-6,9-12,19H2,(H,29,33)/t26-/m0/s1. The van der Waals surface area contributed by atoms with E-state index in [1.165, 1.54) is 38.5 Å². The summed E-state index contributed by atoms with van der Waals surface area (Å²) in [5, 5.41) is 12.9. The van der Waals surface area contributed by atoms with E-state index < -0.39 is 0 Å². The number of carbonyl (C=O) groups excluding carboxylic acids is 1. The molecule has 0 bridgehead atoms. The fraction of sp³-hybridized carbons (Fsp3) is 0.500. The van der Waals surface area contributed by atoms with E-state index in [-0.39, 0.29) is 18.6 Å². The minimum Gasteiger partial charge on any atom is -0.392 e. The maximum Gasteiger partial charge on any atom is 0.243 e. The number of amides is 1. The van der Waals surface area contributed by atoms with Gasteiger partial charge in [-0.25, -0.2) is 4.98 Å². The molecular weight excluding hydrogens is 410 g/mol. The number of hydrogen-bond donors (Lipinski definition) is 2. The van der Waals surface area contributed by atoms with Crippen molar-refractivity contribution < 1.29 is 9.90 Å². The van der Waals surface area contributed by atoms with Gasteiger partial charge in [-0.1, -0.05) is 74.9 Å². The fourth-order valence-electron chi connectivity index (χ4n) is 5.81. The van der Waals surface area contributed by atoms with E-state index in [1.54, 1.807) is 0 Å². The first-order valence-electron chi connectivity index (χ1n) is 12.7. The molecule has 2 aliphatic rings. The molecule has 2 saturated carbocycles. The summed E-state index contributed by atoms with van der Waals surface area (Å²) in [4.78, 5) is 18.9. The number of hydrogen-bond acceptors (Lipinski definition) is 3. The Morgan fingerprint density at radius 3 is 2.30 bits per heavy atom. The van der Waals surface area contributed by atoms with E-state index in [0.717, 1.165) is 53.7 Å². The normalized spacial score (nSPS) is 18.9. The van der Waals surface area contributed by atoms with Gasteiger partial charge in [0, 0.05) is 11.6 Å². The molecule has 174 valence electrons. The zero-order chi connectivity index (χ0) is 22.6. The second-order valence-corrected chi connectivity index (χ2v) is 9.84. The highest BCUT2D eigenvalue weighted by Gasteiger charge is 2.35. The Balaban J connectivity index is 1.60. The molecule has 5 rings (SSSR count). The summed E-state index contributed by atoms with van der Waals surface area (Å²) in [5.41, 5.74) is 3.80. The number of nitrogens with one attached hydrogen (secondary N) is 1. The van der Waals surface area contributed by atoms with Crippen LogP contribution in [0.4, 0.5) is 0 Å². The Bertz CT molecular complexity index is 1080. The van der Waals surface area contributed by atoms with Crippen LogP contribution in [-0.2, 0) is 11.4 Å². The average molecular weight is 446 g/mol. The van der Waals surface area contributed by atoms with E-state index in [1.807, 2.05) is 42.5 Å². The highest BCUT2D eigenvalue weighted by molar-refractivity contribution is 5.87. The zero-order valence-electron chi connectivity index (χ0n) is 19.4. The number of fused-ring (bicyclic) bond motifs is 1. The molecule has 1 heterocycles. The summed E-state index contributed by atoms with van der Waals surface area (Å²) < 4.78 is 2.22. The van der Waals surface area contributed by atoms with Crippen molar-refractivity contribution in [3.05, 3.63) is 54.1 Å². The number of imidazole rings is 1. The van der Waals surface area contributed by atoms with Gasteiger partial charge in [0.2, 0.25) is 5.91 Å². The molecule has 2 aromatic carbocycles. The molecule has 2 aliphatic carbocycles. The number of carbonyl (C=O) groups is 1. The van der Waals surface area contributed by atoms with Crippen molar-refractivity contribution in [3.8, 4) is 11.4 Å². The Kier molecular flexibility index (Phi) is 6.77. The summed E-state index contributed by atoms with van der Waals surface area (Å²) in [7, 11) is 0. The SMILES string of the molecule is O=C(NC1CCCCC1)[C@H](C1CCCCC1)n1c(-c2ccc(CO)cc2)nc2ccccc21. The van der Waals surface area contributed by atoms with Crippen molar-refractivity contribution in [2.45, 2.75) is 82.9 Å². The molecule has 2 N–H and O–H groups in total. The van der Waals surface area contributed by atoms with Crippen molar-refractivity contribution in [2.24, 2.45) is 5.92 Å². The Labute approximate surface area is 196 Å². The molecule has 0 spiro atoms. The van der Waals surface area contributed by atoms with Crippen LogP contribution in [0, 0.1) is 5.92 Å². The van der Waals surface area contributed by atoms with Crippen LogP contribution in [0.2, 0.25) is 0 Å². The van der Waals surface area contributed by atoms with Gasteiger partial charge in [0.15, 0.2) is 0 Å². The second-order valence-electron chi connectivity index (χ2n) is 9.84. The quantitative estimate of drug-likeness (QED) is 0.506. The largest absolute Gasteiger partial charge is 0.392 e. The first-order chi connectivity index (χ1) is 16.2. The monoisotopic (exact) mass is 445 g/mol. The van der Waals surface area contributed by atoms with Gasteiger partial charge < -0.3 is 15.0 Å². The summed E-state index contributed by atoms with van der Waals surface area (Å²) in [6, 6.07) is 16.1. The highest BCUT2D eigenvalue weighted by Crippen LogP contribution is 2.38. The molecule has 0 saturated heterocycles. The minimum absolute atomic E-state index is 0.0190. The lowest BCUT2D eigenvalue weighted by Gasteiger charge is -2.33. The summed E-state index contributed by atoms with van der Waals surface area (Å²) >= 11 is 0. The van der Waals surface area contributed by atoms with Gasteiger partial charge in [-0.2, -0.15) is 0 Å². The maximum atomic E-state index is 13.9. The summed E-state index contributed by atoms with van der Waals surface area (Å²) in [6.07, 6.45) is 11.6. The Morgan fingerprint density at radius 2 is 1.61 bits per heavy atom. The van der Waals surface area contributed by atoms with Crippen molar-refractivity contribution in [1.82, 2.24) is 14.9 Å². The lowest BCUT2D eigenvalue weighted by Crippen LogP contribution is -2.43. The van der Waals surface area contributed by atoms with Gasteiger partial charge in [0.05, 0.1) is 17.6 Å². The van der Waals surface area contributed by atoms with Crippen molar-refractivity contribution in [1.29, 1.82) is 0 Å². The van der Waals surface area contributed by atoms with Crippen LogP contribution < -0.4 is 5.32 Å². The third kappa shape index (κ3) is 4.70. The number of rotatable bonds is 6. The number of aliphatic hydroxyl groups excluding tert-OH is 1. The molecule has 0 aliphatic heterocycles. The number of benzene rings is 2. The molecule has 2 fully saturated rings. The third-order valence-electron chi connectivity index (χ3n) is 7.59. The lowest BCUT2D eigenvalue weighted by atomic mass is 9.82. The molecule has 5 heteroatoms. The molecule has 0 radical (unpaired) electrons. The van der Waals surface area contributed by atoms with Crippen LogP contribution in [0.25, 0.3) is 22.4 Å². The predicted molar refractivity (Wildman–Crippen MR) is 132 cm³/mol. The molecule has 0 unspecified atom stereocenters. The first kappa shape index (κ1) is 22.1. The van der Waals surface area contributed by atoms with Crippen LogP contribution in [0.3, 0.4) is 0 Å². The predicted octanol–water partition coefficient (Wildman–Crippen LogP) is 5.77. The second kappa shape index (κ2) is 10.1. The van der Waals surface area contributed by atoms with Gasteiger partial charge in [0.1, 0.15) is 11.9 Å². The van der Waals surface area contributed by atoms with Crippen LogP contribution in [0.15, 0.2) is 48.5 Å². The molecular formula is C28H35N3O2. The molecule has 5 nitrogen and oxygen atoms in total. The van der Waals surface area contributed by atoms with Gasteiger partial charge in [-0.05, 0) is 49.3 Å². The smallest absolute Gasteiger partial charge is 0.243 e. The van der Waals surface area contributed by atoms with E-state index >= 15 is 0 Å². The van der Waals surface area contributed by atoms with Gasteiger partial charge in [-0.3, -0.25) is 4.79 Å². The molecule has 33 heavy (non-hydrogen) atoms. The maximum absolute atomic E-state index is 13.9. The number of para-hydroxylation sites is 2. The summed E-state index contributed by atoms with van der Waals surface area (Å²) in [6.45, 7) is 0.0190. The van der Waals surface area contributed by atoms with E-state index in [9.17, 15) is 9.90 Å². The van der Waals surface area contributed by atoms with Crippen molar-refractivity contribution in [2.75, 3.05) is 0 Å². The van der Waals surface area contributed by atoms with Crippen LogP contribution in [-0.4, -0.2) is 26.6 Å². The van der Waals surface area contributed by atoms with Crippen molar-refractivity contribution >= 4 is 16.9 Å². The fourth-order valence-corrected chi connectivity index (χ4v) is 5.81. The average Bonchev–Trinajstić information content (AvgIpc) is 3.25. The van der Waals surface area contributed by atoms with Gasteiger partial charge in [-0.15, -0.1) is 0 Å². The van der Waals surface area contributed by atoms with Crippen molar-refractivity contribution in [3.63, 3.8) is 0 Å². The van der Waals surface area contributed by atoms with Gasteiger partial charge >= 0.3 is 0 Å². The topological polar surface area (TPSA) is 67.2 Å². The third-order valence-corrected chi connectivity index (χ3v) is 7.59. The molecule has 3 aromatic rings. The summed E-state index contributed by atoms with van der Waals surface area (Å²) in [5.74, 6) is 1.32. The minimum atomic E-state index is -0.257. The Hall–Kier alpha value is -2.66. The van der Waals surface area contributed by atoms with E-state index in [4.69, 9.17) is 4.98 Å². The number of nitrogens with zero attached hydrogens (tertiary/aromatic N) is 2. The first-order valence-corrected chi connectivity index (χ1v) is 12.7. The van der Waals surface area contributed by atoms with Crippen LogP contribution >= 0.6 is 0 Å². The molecule has 1 amide bonds. The number of aliphatic hydroxyl groups is 1. The number of aromatic nitrogens is 2. The molecule has 1 aromatic heterocycles. The molecule has 1 atom stereocenters. The zero-order valence-corrected chi connectivity index (χ0v) is 19.4. The lowest BCUT2D eigenvalue weighted by molar-refractivity contribution is -0.127. The Morgan fingerprint density at radius 1 is 0.939 bits per heavy atom. The van der Waals surface area contributed by atoms with E-state index in [2.05, 4.69) is 16.0 Å². The highest BCUT2D eigenvalue weighted by atomic mass is 16.3.